The van der Waals surface area contributed by atoms with Crippen molar-refractivity contribution in [3.05, 3.63) is 35.4 Å². The summed E-state index contributed by atoms with van der Waals surface area (Å²) in [4.78, 5) is 15.0. The quantitative estimate of drug-likeness (QED) is 0.811. The van der Waals surface area contributed by atoms with E-state index >= 15 is 0 Å². The topological polar surface area (TPSA) is 58.4 Å². The first kappa shape index (κ1) is 23.2. The normalized spacial score (nSPS) is 24.2. The van der Waals surface area contributed by atoms with Gasteiger partial charge < -0.3 is 11.1 Å². The highest BCUT2D eigenvalue weighted by Gasteiger charge is 2.28. The van der Waals surface area contributed by atoms with Crippen LogP contribution in [0.1, 0.15) is 49.7 Å². The van der Waals surface area contributed by atoms with Crippen LogP contribution in [0.2, 0.25) is 0 Å². The maximum Gasteiger partial charge on any atom is 0.223 e. The maximum absolute atomic E-state index is 12.4. The zero-order chi connectivity index (χ0) is 16.9. The summed E-state index contributed by atoms with van der Waals surface area (Å²) in [5.41, 5.74) is 8.79. The Balaban J connectivity index is 0.00000169. The van der Waals surface area contributed by atoms with Crippen molar-refractivity contribution in [2.75, 3.05) is 13.1 Å². The van der Waals surface area contributed by atoms with Crippen molar-refractivity contribution >= 4 is 30.7 Å². The van der Waals surface area contributed by atoms with E-state index in [1.807, 2.05) is 0 Å². The number of nitrogens with one attached hydrogen (secondary N) is 1. The van der Waals surface area contributed by atoms with Gasteiger partial charge in [-0.25, -0.2) is 0 Å². The predicted molar refractivity (Wildman–Crippen MR) is 112 cm³/mol. The van der Waals surface area contributed by atoms with Gasteiger partial charge in [0.05, 0.1) is 0 Å². The fourth-order valence-electron chi connectivity index (χ4n) is 4.05. The lowest BCUT2D eigenvalue weighted by Gasteiger charge is -2.34. The van der Waals surface area contributed by atoms with Gasteiger partial charge in [0.15, 0.2) is 0 Å². The van der Waals surface area contributed by atoms with Gasteiger partial charge in [-0.2, -0.15) is 0 Å². The Morgan fingerprint density at radius 1 is 1.15 bits per heavy atom. The Morgan fingerprint density at radius 2 is 1.85 bits per heavy atom. The average Bonchev–Trinajstić information content (AvgIpc) is 2.58. The molecule has 1 aliphatic heterocycles. The smallest absolute Gasteiger partial charge is 0.223 e. The Kier molecular flexibility index (Phi) is 9.94. The highest BCUT2D eigenvalue weighted by molar-refractivity contribution is 5.85. The Labute approximate surface area is 170 Å². The summed E-state index contributed by atoms with van der Waals surface area (Å²) in [6, 6.07) is 9.16. The SMILES string of the molecule is Cc1ccccc1CN1CCC(NC(=O)C2CCCC(N)C2)CC1.Cl.Cl. The van der Waals surface area contributed by atoms with Crippen LogP contribution in [0.4, 0.5) is 0 Å². The molecule has 4 nitrogen and oxygen atoms in total. The monoisotopic (exact) mass is 401 g/mol. The molecule has 1 amide bonds. The average molecular weight is 402 g/mol. The third-order valence-electron chi connectivity index (χ3n) is 5.67. The standard InChI is InChI=1S/C20H31N3O.2ClH/c1-15-5-2-3-6-17(15)14-23-11-9-19(10-12-23)22-20(24)16-7-4-8-18(21)13-16;;/h2-3,5-6,16,18-19H,4,7-14,21H2,1H3,(H,22,24);2*1H. The van der Waals surface area contributed by atoms with Crippen LogP contribution in [0.3, 0.4) is 0 Å². The first-order valence-corrected chi connectivity index (χ1v) is 9.44. The second-order valence-electron chi connectivity index (χ2n) is 7.61. The first-order valence-electron chi connectivity index (χ1n) is 9.44. The van der Waals surface area contributed by atoms with E-state index in [0.29, 0.717) is 6.04 Å². The van der Waals surface area contributed by atoms with Crippen LogP contribution in [-0.2, 0) is 11.3 Å². The highest BCUT2D eigenvalue weighted by Crippen LogP contribution is 2.24. The number of halogens is 2. The van der Waals surface area contributed by atoms with Crippen molar-refractivity contribution in [3.63, 3.8) is 0 Å². The molecule has 148 valence electrons. The van der Waals surface area contributed by atoms with Gasteiger partial charge in [0, 0.05) is 37.6 Å². The molecule has 2 atom stereocenters. The summed E-state index contributed by atoms with van der Waals surface area (Å²) < 4.78 is 0. The van der Waals surface area contributed by atoms with Crippen LogP contribution < -0.4 is 11.1 Å². The van der Waals surface area contributed by atoms with Crippen molar-refractivity contribution in [1.29, 1.82) is 0 Å². The number of aryl methyl sites for hydroxylation is 1. The molecule has 1 aromatic rings. The second kappa shape index (κ2) is 11.1. The van der Waals surface area contributed by atoms with Gasteiger partial charge in [-0.15, -0.1) is 24.8 Å². The summed E-state index contributed by atoms with van der Waals surface area (Å²) in [5, 5.41) is 3.28. The number of rotatable bonds is 4. The maximum atomic E-state index is 12.4. The van der Waals surface area contributed by atoms with Gasteiger partial charge >= 0.3 is 0 Å². The molecule has 0 bridgehead atoms. The van der Waals surface area contributed by atoms with E-state index in [-0.39, 0.29) is 42.7 Å². The largest absolute Gasteiger partial charge is 0.353 e. The molecule has 2 unspecified atom stereocenters. The fourth-order valence-corrected chi connectivity index (χ4v) is 4.05. The van der Waals surface area contributed by atoms with Crippen LogP contribution in [0.25, 0.3) is 0 Å². The summed E-state index contributed by atoms with van der Waals surface area (Å²) >= 11 is 0. The van der Waals surface area contributed by atoms with E-state index in [4.69, 9.17) is 5.73 Å². The number of nitrogens with zero attached hydrogens (tertiary/aromatic N) is 1. The summed E-state index contributed by atoms with van der Waals surface area (Å²) in [7, 11) is 0. The molecule has 3 rings (SSSR count). The molecule has 3 N–H and O–H groups in total. The van der Waals surface area contributed by atoms with Crippen LogP contribution >= 0.6 is 24.8 Å². The van der Waals surface area contributed by atoms with Crippen LogP contribution in [-0.4, -0.2) is 36.0 Å². The number of carbonyl (C=O) groups excluding carboxylic acids is 1. The number of carbonyl (C=O) groups is 1. The molecular formula is C20H33Cl2N3O. The number of benzene rings is 1. The number of nitrogens with two attached hydrogens (primary N) is 1. The van der Waals surface area contributed by atoms with E-state index in [9.17, 15) is 4.79 Å². The molecule has 2 aliphatic rings. The van der Waals surface area contributed by atoms with Crippen molar-refractivity contribution in [2.45, 2.75) is 64.1 Å². The van der Waals surface area contributed by atoms with Gasteiger partial charge in [0.25, 0.3) is 0 Å². The Hall–Kier alpha value is -0.810. The summed E-state index contributed by atoms with van der Waals surface area (Å²) in [6.07, 6.45) is 6.13. The zero-order valence-corrected chi connectivity index (χ0v) is 17.3. The summed E-state index contributed by atoms with van der Waals surface area (Å²) in [5.74, 6) is 0.376. The minimum absolute atomic E-state index is 0. The lowest BCUT2D eigenvalue weighted by atomic mass is 9.85. The molecule has 1 heterocycles. The minimum atomic E-state index is 0. The Morgan fingerprint density at radius 3 is 2.50 bits per heavy atom. The number of amides is 1. The van der Waals surface area contributed by atoms with Gasteiger partial charge in [0.1, 0.15) is 0 Å². The predicted octanol–water partition coefficient (Wildman–Crippen LogP) is 3.44. The van der Waals surface area contributed by atoms with Crippen molar-refractivity contribution in [2.24, 2.45) is 11.7 Å². The van der Waals surface area contributed by atoms with Gasteiger partial charge in [-0.3, -0.25) is 9.69 Å². The van der Waals surface area contributed by atoms with Crippen molar-refractivity contribution in [1.82, 2.24) is 10.2 Å². The molecule has 1 saturated carbocycles. The third kappa shape index (κ3) is 6.41. The Bertz CT molecular complexity index is 562. The molecule has 1 saturated heterocycles. The molecule has 6 heteroatoms. The van der Waals surface area contributed by atoms with Gasteiger partial charge in [0.2, 0.25) is 5.91 Å². The van der Waals surface area contributed by atoms with Crippen molar-refractivity contribution in [3.8, 4) is 0 Å². The molecule has 0 spiro atoms. The van der Waals surface area contributed by atoms with Gasteiger partial charge in [-0.05, 0) is 50.2 Å². The fraction of sp³-hybridized carbons (Fsp3) is 0.650. The molecule has 2 fully saturated rings. The molecular weight excluding hydrogens is 369 g/mol. The van der Waals surface area contributed by atoms with Crippen LogP contribution in [0, 0.1) is 12.8 Å². The van der Waals surface area contributed by atoms with Gasteiger partial charge in [-0.1, -0.05) is 30.7 Å². The molecule has 0 aromatic heterocycles. The number of piperidine rings is 1. The number of hydrogen-bond donors (Lipinski definition) is 2. The van der Waals surface area contributed by atoms with E-state index < -0.39 is 0 Å². The minimum Gasteiger partial charge on any atom is -0.353 e. The molecule has 1 aromatic carbocycles. The number of hydrogen-bond acceptors (Lipinski definition) is 3. The van der Waals surface area contributed by atoms with Crippen LogP contribution in [0.15, 0.2) is 24.3 Å². The molecule has 26 heavy (non-hydrogen) atoms. The molecule has 1 aliphatic carbocycles. The van der Waals surface area contributed by atoms with E-state index in [0.717, 1.165) is 58.2 Å². The van der Waals surface area contributed by atoms with Crippen LogP contribution in [0.5, 0.6) is 0 Å². The number of likely N-dealkylation sites (tertiary alicyclic amines) is 1. The van der Waals surface area contributed by atoms with E-state index in [1.54, 1.807) is 0 Å². The van der Waals surface area contributed by atoms with E-state index in [1.165, 1.54) is 11.1 Å². The highest BCUT2D eigenvalue weighted by atomic mass is 35.5. The third-order valence-corrected chi connectivity index (χ3v) is 5.67. The lowest BCUT2D eigenvalue weighted by molar-refractivity contribution is -0.127. The first-order chi connectivity index (χ1) is 11.6. The lowest BCUT2D eigenvalue weighted by Crippen LogP contribution is -2.47. The van der Waals surface area contributed by atoms with E-state index in [2.05, 4.69) is 41.4 Å². The van der Waals surface area contributed by atoms with Crippen molar-refractivity contribution < 1.29 is 4.79 Å². The molecule has 0 radical (unpaired) electrons. The second-order valence-corrected chi connectivity index (χ2v) is 7.61. The zero-order valence-electron chi connectivity index (χ0n) is 15.7. The summed E-state index contributed by atoms with van der Waals surface area (Å²) in [6.45, 7) is 5.31.